The molecule has 27 heavy (non-hydrogen) atoms. The maximum atomic E-state index is 12.8. The van der Waals surface area contributed by atoms with Gasteiger partial charge >= 0.3 is 11.9 Å². The molecule has 0 amide bonds. The zero-order valence-electron chi connectivity index (χ0n) is 18.1. The van der Waals surface area contributed by atoms with Crippen LogP contribution in [0.1, 0.15) is 95.0 Å². The van der Waals surface area contributed by atoms with Gasteiger partial charge in [-0.25, -0.2) is 9.59 Å². The first-order valence-corrected chi connectivity index (χ1v) is 9.71. The highest BCUT2D eigenvalue weighted by Crippen LogP contribution is 2.32. The summed E-state index contributed by atoms with van der Waals surface area (Å²) in [6.45, 7) is 17.1. The highest BCUT2D eigenvalue weighted by atomic mass is 35.5. The van der Waals surface area contributed by atoms with Gasteiger partial charge in [-0.05, 0) is 71.1 Å². The summed E-state index contributed by atoms with van der Waals surface area (Å²) in [7, 11) is 0. The van der Waals surface area contributed by atoms with Crippen LogP contribution in [0.2, 0.25) is 5.02 Å². The van der Waals surface area contributed by atoms with E-state index in [1.807, 2.05) is 0 Å². The van der Waals surface area contributed by atoms with Gasteiger partial charge in [-0.2, -0.15) is 0 Å². The molecule has 1 aromatic rings. The Morgan fingerprint density at radius 3 is 1.63 bits per heavy atom. The van der Waals surface area contributed by atoms with Crippen LogP contribution in [0.4, 0.5) is 0 Å². The summed E-state index contributed by atoms with van der Waals surface area (Å²) in [5, 5.41) is 0.449. The number of hydrogen-bond donors (Lipinski definition) is 0. The molecular formula is C22H33ClO4. The molecule has 0 aliphatic heterocycles. The number of esters is 2. The zero-order chi connectivity index (χ0) is 21.2. The summed E-state index contributed by atoms with van der Waals surface area (Å²) in [6, 6.07) is 3.20. The maximum Gasteiger partial charge on any atom is 0.339 e. The first-order chi connectivity index (χ1) is 12.0. The normalized spacial score (nSPS) is 12.7. The van der Waals surface area contributed by atoms with Crippen LogP contribution < -0.4 is 0 Å². The van der Waals surface area contributed by atoms with Crippen LogP contribution >= 0.6 is 11.6 Å². The number of carbonyl (C=O) groups excluding carboxylic acids is 2. The quantitative estimate of drug-likeness (QED) is 0.553. The molecule has 0 spiro atoms. The standard InChI is InChI=1S/C22H33ClO4/c1-10-22(8,9)13-14-11-15(18(24)26-20(2,3)4)16(12-17(14)23)19(25)27-21(5,6)7/h11-12H,10,13H2,1-9H3. The molecular weight excluding hydrogens is 364 g/mol. The topological polar surface area (TPSA) is 52.6 Å². The first kappa shape index (κ1) is 23.5. The second-order valence-electron chi connectivity index (χ2n) is 9.69. The molecule has 0 radical (unpaired) electrons. The van der Waals surface area contributed by atoms with Gasteiger partial charge in [-0.3, -0.25) is 0 Å². The van der Waals surface area contributed by atoms with Gasteiger partial charge in [0.05, 0.1) is 11.1 Å². The molecule has 0 heterocycles. The Labute approximate surface area is 168 Å². The van der Waals surface area contributed by atoms with E-state index >= 15 is 0 Å². The predicted octanol–water partition coefficient (Wildman–Crippen LogP) is 6.23. The van der Waals surface area contributed by atoms with Crippen molar-refractivity contribution in [2.45, 2.75) is 86.4 Å². The Morgan fingerprint density at radius 2 is 1.26 bits per heavy atom. The Kier molecular flexibility index (Phi) is 7.15. The van der Waals surface area contributed by atoms with Crippen LogP contribution in [0, 0.1) is 5.41 Å². The lowest BCUT2D eigenvalue weighted by atomic mass is 9.82. The molecule has 0 aliphatic carbocycles. The summed E-state index contributed by atoms with van der Waals surface area (Å²) >= 11 is 6.46. The lowest BCUT2D eigenvalue weighted by Gasteiger charge is -2.25. The van der Waals surface area contributed by atoms with Crippen LogP contribution in [0.25, 0.3) is 0 Å². The van der Waals surface area contributed by atoms with E-state index in [1.165, 1.54) is 6.07 Å². The third-order valence-corrected chi connectivity index (χ3v) is 4.40. The van der Waals surface area contributed by atoms with Crippen molar-refractivity contribution < 1.29 is 19.1 Å². The number of benzene rings is 1. The van der Waals surface area contributed by atoms with Gasteiger partial charge in [-0.15, -0.1) is 0 Å². The van der Waals surface area contributed by atoms with E-state index in [9.17, 15) is 9.59 Å². The van der Waals surface area contributed by atoms with Gasteiger partial charge in [-0.1, -0.05) is 38.8 Å². The van der Waals surface area contributed by atoms with E-state index in [0.717, 1.165) is 12.0 Å². The van der Waals surface area contributed by atoms with Crippen LogP contribution in [0.5, 0.6) is 0 Å². The Morgan fingerprint density at radius 1 is 0.852 bits per heavy atom. The third kappa shape index (κ3) is 7.53. The highest BCUT2D eigenvalue weighted by molar-refractivity contribution is 6.32. The average molecular weight is 397 g/mol. The maximum absolute atomic E-state index is 12.8. The fourth-order valence-corrected chi connectivity index (χ4v) is 2.63. The van der Waals surface area contributed by atoms with Crippen LogP contribution in [-0.2, 0) is 15.9 Å². The Hall–Kier alpha value is -1.55. The molecule has 5 heteroatoms. The number of hydrogen-bond acceptors (Lipinski definition) is 4. The van der Waals surface area contributed by atoms with Crippen LogP contribution in [0.15, 0.2) is 12.1 Å². The molecule has 0 atom stereocenters. The van der Waals surface area contributed by atoms with E-state index < -0.39 is 23.1 Å². The number of halogens is 1. The Balaban J connectivity index is 3.46. The van der Waals surface area contributed by atoms with Gasteiger partial charge in [0.15, 0.2) is 0 Å². The summed E-state index contributed by atoms with van der Waals surface area (Å²) in [5.41, 5.74) is -0.214. The fraction of sp³-hybridized carbons (Fsp3) is 0.636. The van der Waals surface area contributed by atoms with Crippen molar-refractivity contribution in [2.24, 2.45) is 5.41 Å². The largest absolute Gasteiger partial charge is 0.456 e. The second kappa shape index (κ2) is 8.22. The molecule has 152 valence electrons. The van der Waals surface area contributed by atoms with Crippen molar-refractivity contribution in [1.29, 1.82) is 0 Å². The average Bonchev–Trinajstić information content (AvgIpc) is 2.45. The van der Waals surface area contributed by atoms with E-state index in [1.54, 1.807) is 47.6 Å². The van der Waals surface area contributed by atoms with Crippen molar-refractivity contribution in [1.82, 2.24) is 0 Å². The Bertz CT molecular complexity index is 706. The predicted molar refractivity (Wildman–Crippen MR) is 110 cm³/mol. The first-order valence-electron chi connectivity index (χ1n) is 9.34. The molecule has 4 nitrogen and oxygen atoms in total. The minimum Gasteiger partial charge on any atom is -0.456 e. The minimum atomic E-state index is -0.683. The molecule has 0 bridgehead atoms. The number of carbonyl (C=O) groups is 2. The van der Waals surface area contributed by atoms with E-state index in [0.29, 0.717) is 11.4 Å². The lowest BCUT2D eigenvalue weighted by Crippen LogP contribution is -2.28. The zero-order valence-corrected chi connectivity index (χ0v) is 18.8. The highest BCUT2D eigenvalue weighted by Gasteiger charge is 2.29. The molecule has 1 rings (SSSR count). The van der Waals surface area contributed by atoms with Gasteiger partial charge < -0.3 is 9.47 Å². The molecule has 0 saturated heterocycles. The summed E-state index contributed by atoms with van der Waals surface area (Å²) < 4.78 is 11.0. The lowest BCUT2D eigenvalue weighted by molar-refractivity contribution is 0.00185. The van der Waals surface area contributed by atoms with E-state index in [-0.39, 0.29) is 16.5 Å². The third-order valence-electron chi connectivity index (χ3n) is 4.05. The smallest absolute Gasteiger partial charge is 0.339 e. The number of rotatable bonds is 5. The molecule has 0 aromatic heterocycles. The molecule has 1 aromatic carbocycles. The molecule has 0 fully saturated rings. The van der Waals surface area contributed by atoms with Crippen LogP contribution in [-0.4, -0.2) is 23.1 Å². The molecule has 0 aliphatic rings. The molecule has 0 saturated carbocycles. The van der Waals surface area contributed by atoms with Crippen molar-refractivity contribution in [3.05, 3.63) is 33.8 Å². The van der Waals surface area contributed by atoms with E-state index in [4.69, 9.17) is 21.1 Å². The molecule has 0 N–H and O–H groups in total. The summed E-state index contributed by atoms with van der Waals surface area (Å²) in [4.78, 5) is 25.4. The number of ether oxygens (including phenoxy) is 2. The van der Waals surface area contributed by atoms with Gasteiger partial charge in [0.25, 0.3) is 0 Å². The van der Waals surface area contributed by atoms with Gasteiger partial charge in [0.1, 0.15) is 11.2 Å². The van der Waals surface area contributed by atoms with E-state index in [2.05, 4.69) is 20.8 Å². The second-order valence-corrected chi connectivity index (χ2v) is 10.1. The van der Waals surface area contributed by atoms with Crippen molar-refractivity contribution in [3.8, 4) is 0 Å². The fourth-order valence-electron chi connectivity index (χ4n) is 2.40. The van der Waals surface area contributed by atoms with Gasteiger partial charge in [0, 0.05) is 5.02 Å². The SMILES string of the molecule is CCC(C)(C)Cc1cc(C(=O)OC(C)(C)C)c(C(=O)OC(C)(C)C)cc1Cl. The summed E-state index contributed by atoms with van der Waals surface area (Å²) in [6.07, 6.45) is 1.64. The minimum absolute atomic E-state index is 0.0161. The van der Waals surface area contributed by atoms with Crippen LogP contribution in [0.3, 0.4) is 0 Å². The molecule has 0 unspecified atom stereocenters. The van der Waals surface area contributed by atoms with Crippen molar-refractivity contribution >= 4 is 23.5 Å². The van der Waals surface area contributed by atoms with Crippen molar-refractivity contribution in [2.75, 3.05) is 0 Å². The summed E-state index contributed by atoms with van der Waals surface area (Å²) in [5.74, 6) is -1.15. The monoisotopic (exact) mass is 396 g/mol. The van der Waals surface area contributed by atoms with Gasteiger partial charge in [0.2, 0.25) is 0 Å². The van der Waals surface area contributed by atoms with Crippen molar-refractivity contribution in [3.63, 3.8) is 0 Å².